The van der Waals surface area contributed by atoms with Gasteiger partial charge in [-0.2, -0.15) is 0 Å². The summed E-state index contributed by atoms with van der Waals surface area (Å²) in [6.07, 6.45) is 9.40. The van der Waals surface area contributed by atoms with E-state index in [0.717, 1.165) is 43.0 Å². The standard InChI is InChI=1S/C25H30N4O2/c1-30-18-6-4-12-28(14-18)22-16-31-23-9-3-2-7-19(23)24(22)26-20-8-5-13-29-15-21(17-10-11-17)27-25(20)29/h2-3,5,7-9,13,15,17-18,22,24,26H,4,6,10-12,14,16H2,1H3/t18-,22-,24-/m0/s1. The zero-order chi connectivity index (χ0) is 20.8. The van der Waals surface area contributed by atoms with E-state index in [4.69, 9.17) is 14.5 Å². The quantitative estimate of drug-likeness (QED) is 0.672. The van der Waals surface area contributed by atoms with Gasteiger partial charge >= 0.3 is 0 Å². The summed E-state index contributed by atoms with van der Waals surface area (Å²) in [5.74, 6) is 1.62. The monoisotopic (exact) mass is 418 g/mol. The van der Waals surface area contributed by atoms with Crippen LogP contribution in [0.4, 0.5) is 5.69 Å². The van der Waals surface area contributed by atoms with Gasteiger partial charge in [0.2, 0.25) is 0 Å². The number of pyridine rings is 1. The number of nitrogens with zero attached hydrogens (tertiary/aromatic N) is 3. The minimum Gasteiger partial charge on any atom is -0.491 e. The largest absolute Gasteiger partial charge is 0.491 e. The number of methoxy groups -OCH3 is 1. The molecule has 3 atom stereocenters. The van der Waals surface area contributed by atoms with Gasteiger partial charge in [-0.25, -0.2) is 4.98 Å². The van der Waals surface area contributed by atoms with Crippen molar-refractivity contribution in [1.29, 1.82) is 0 Å². The molecule has 0 unspecified atom stereocenters. The molecular weight excluding hydrogens is 388 g/mol. The lowest BCUT2D eigenvalue weighted by Gasteiger charge is -2.44. The zero-order valence-electron chi connectivity index (χ0n) is 18.0. The highest BCUT2D eigenvalue weighted by atomic mass is 16.5. The Morgan fingerprint density at radius 1 is 1.13 bits per heavy atom. The molecule has 0 amide bonds. The first-order valence-electron chi connectivity index (χ1n) is 11.5. The molecule has 31 heavy (non-hydrogen) atoms. The predicted octanol–water partition coefficient (Wildman–Crippen LogP) is 4.24. The predicted molar refractivity (Wildman–Crippen MR) is 121 cm³/mol. The van der Waals surface area contributed by atoms with Crippen molar-refractivity contribution < 1.29 is 9.47 Å². The second kappa shape index (κ2) is 7.84. The summed E-state index contributed by atoms with van der Waals surface area (Å²) < 4.78 is 14.1. The van der Waals surface area contributed by atoms with Gasteiger partial charge in [-0.3, -0.25) is 4.90 Å². The van der Waals surface area contributed by atoms with E-state index in [1.54, 1.807) is 0 Å². The normalized spacial score (nSPS) is 26.4. The van der Waals surface area contributed by atoms with Crippen molar-refractivity contribution in [3.63, 3.8) is 0 Å². The molecule has 0 spiro atoms. The molecule has 4 heterocycles. The van der Waals surface area contributed by atoms with Gasteiger partial charge in [-0.05, 0) is 50.4 Å². The number of nitrogens with one attached hydrogen (secondary N) is 1. The van der Waals surface area contributed by atoms with E-state index < -0.39 is 0 Å². The van der Waals surface area contributed by atoms with Crippen LogP contribution in [0, 0.1) is 0 Å². The van der Waals surface area contributed by atoms with E-state index in [0.29, 0.717) is 18.6 Å². The van der Waals surface area contributed by atoms with Gasteiger partial charge in [0.25, 0.3) is 0 Å². The number of aromatic nitrogens is 2. The van der Waals surface area contributed by atoms with E-state index in [1.165, 1.54) is 24.1 Å². The Hall–Kier alpha value is -2.57. The molecule has 1 aliphatic carbocycles. The lowest BCUT2D eigenvalue weighted by Crippen LogP contribution is -2.53. The Morgan fingerprint density at radius 2 is 2.03 bits per heavy atom. The van der Waals surface area contributed by atoms with Crippen molar-refractivity contribution in [2.24, 2.45) is 0 Å². The fraction of sp³-hybridized carbons (Fsp3) is 0.480. The number of piperidine rings is 1. The number of hydrogen-bond acceptors (Lipinski definition) is 5. The van der Waals surface area contributed by atoms with E-state index >= 15 is 0 Å². The zero-order valence-corrected chi connectivity index (χ0v) is 18.0. The van der Waals surface area contributed by atoms with Gasteiger partial charge in [-0.15, -0.1) is 0 Å². The number of para-hydroxylation sites is 1. The number of imidazole rings is 1. The third kappa shape index (κ3) is 3.58. The molecule has 6 rings (SSSR count). The third-order valence-corrected chi connectivity index (χ3v) is 7.07. The van der Waals surface area contributed by atoms with Gasteiger partial charge in [0.05, 0.1) is 29.6 Å². The molecule has 2 aliphatic heterocycles. The van der Waals surface area contributed by atoms with Crippen LogP contribution in [-0.4, -0.2) is 53.2 Å². The summed E-state index contributed by atoms with van der Waals surface area (Å²) in [5, 5.41) is 3.89. The fourth-order valence-corrected chi connectivity index (χ4v) is 5.19. The van der Waals surface area contributed by atoms with Crippen LogP contribution in [0.3, 0.4) is 0 Å². The van der Waals surface area contributed by atoms with Crippen molar-refractivity contribution in [1.82, 2.24) is 14.3 Å². The van der Waals surface area contributed by atoms with Crippen molar-refractivity contribution >= 4 is 11.3 Å². The number of rotatable bonds is 5. The Balaban J connectivity index is 1.36. The smallest absolute Gasteiger partial charge is 0.160 e. The Bertz CT molecular complexity index is 1080. The van der Waals surface area contributed by atoms with Gasteiger partial charge < -0.3 is 19.2 Å². The molecule has 3 aromatic rings. The maximum atomic E-state index is 6.21. The Labute approximate surface area is 183 Å². The van der Waals surface area contributed by atoms with Gasteiger partial charge in [-0.1, -0.05) is 18.2 Å². The number of hydrogen-bond donors (Lipinski definition) is 1. The van der Waals surface area contributed by atoms with Crippen molar-refractivity contribution in [3.8, 4) is 5.75 Å². The average molecular weight is 419 g/mol. The summed E-state index contributed by atoms with van der Waals surface area (Å²) >= 11 is 0. The third-order valence-electron chi connectivity index (χ3n) is 7.07. The first-order chi connectivity index (χ1) is 15.3. The van der Waals surface area contributed by atoms with E-state index in [1.807, 2.05) is 7.11 Å². The Kier molecular flexibility index (Phi) is 4.84. The SMILES string of the molecule is CO[C@H]1CCCN([C@H]2COc3ccccc3[C@@H]2Nc2cccn3cc(C4CC4)nc23)C1. The molecule has 3 aliphatic rings. The molecule has 6 heteroatoms. The molecule has 0 radical (unpaired) electrons. The molecule has 1 saturated carbocycles. The molecule has 2 fully saturated rings. The lowest BCUT2D eigenvalue weighted by molar-refractivity contribution is -0.00266. The summed E-state index contributed by atoms with van der Waals surface area (Å²) in [7, 11) is 1.83. The Morgan fingerprint density at radius 3 is 2.90 bits per heavy atom. The number of benzene rings is 1. The molecule has 162 valence electrons. The maximum absolute atomic E-state index is 6.21. The topological polar surface area (TPSA) is 51.0 Å². The van der Waals surface area contributed by atoms with Crippen LogP contribution in [0.5, 0.6) is 5.75 Å². The van der Waals surface area contributed by atoms with Crippen molar-refractivity contribution in [2.75, 3.05) is 32.1 Å². The highest BCUT2D eigenvalue weighted by Crippen LogP contribution is 2.41. The molecule has 1 aromatic carbocycles. The summed E-state index contributed by atoms with van der Waals surface area (Å²) in [6, 6.07) is 13.1. The minimum atomic E-state index is 0.132. The van der Waals surface area contributed by atoms with Gasteiger partial charge in [0.1, 0.15) is 12.4 Å². The number of ether oxygens (including phenoxy) is 2. The molecule has 6 nitrogen and oxygen atoms in total. The van der Waals surface area contributed by atoms with Crippen LogP contribution in [0.1, 0.15) is 48.9 Å². The number of fused-ring (bicyclic) bond motifs is 2. The van der Waals surface area contributed by atoms with E-state index in [9.17, 15) is 0 Å². The number of likely N-dealkylation sites (tertiary alicyclic amines) is 1. The molecular formula is C25H30N4O2. The molecule has 1 saturated heterocycles. The van der Waals surface area contributed by atoms with Crippen LogP contribution in [0.2, 0.25) is 0 Å². The van der Waals surface area contributed by atoms with Crippen LogP contribution < -0.4 is 10.1 Å². The first-order valence-corrected chi connectivity index (χ1v) is 11.5. The average Bonchev–Trinajstić information content (AvgIpc) is 3.58. The van der Waals surface area contributed by atoms with E-state index in [2.05, 4.69) is 63.4 Å². The van der Waals surface area contributed by atoms with Crippen LogP contribution in [0.15, 0.2) is 48.8 Å². The van der Waals surface area contributed by atoms with Crippen LogP contribution in [0.25, 0.3) is 5.65 Å². The highest BCUT2D eigenvalue weighted by molar-refractivity contribution is 5.69. The highest BCUT2D eigenvalue weighted by Gasteiger charge is 2.37. The first kappa shape index (κ1) is 19.1. The summed E-state index contributed by atoms with van der Waals surface area (Å²) in [6.45, 7) is 2.70. The second-order valence-corrected chi connectivity index (χ2v) is 9.13. The number of anilines is 1. The lowest BCUT2D eigenvalue weighted by atomic mass is 9.93. The van der Waals surface area contributed by atoms with Crippen molar-refractivity contribution in [3.05, 3.63) is 60.0 Å². The maximum Gasteiger partial charge on any atom is 0.160 e. The van der Waals surface area contributed by atoms with Crippen LogP contribution in [-0.2, 0) is 4.74 Å². The van der Waals surface area contributed by atoms with Crippen LogP contribution >= 0.6 is 0 Å². The summed E-state index contributed by atoms with van der Waals surface area (Å²) in [5.41, 5.74) is 4.54. The fourth-order valence-electron chi connectivity index (χ4n) is 5.19. The molecule has 1 N–H and O–H groups in total. The van der Waals surface area contributed by atoms with E-state index in [-0.39, 0.29) is 12.1 Å². The molecule has 0 bridgehead atoms. The minimum absolute atomic E-state index is 0.132. The van der Waals surface area contributed by atoms with Gasteiger partial charge in [0.15, 0.2) is 5.65 Å². The summed E-state index contributed by atoms with van der Waals surface area (Å²) in [4.78, 5) is 7.54. The van der Waals surface area contributed by atoms with Gasteiger partial charge in [0, 0.05) is 37.5 Å². The second-order valence-electron chi connectivity index (χ2n) is 9.13. The van der Waals surface area contributed by atoms with Crippen molar-refractivity contribution in [2.45, 2.75) is 49.8 Å². The molecule has 2 aromatic heterocycles.